The Morgan fingerprint density at radius 1 is 1.60 bits per heavy atom. The van der Waals surface area contributed by atoms with Gasteiger partial charge in [0.2, 0.25) is 0 Å². The van der Waals surface area contributed by atoms with Crippen molar-refractivity contribution in [3.63, 3.8) is 0 Å². The average Bonchev–Trinajstić information content (AvgIpc) is 2.15. The molecule has 4 N–H and O–H groups in total. The molecule has 0 aliphatic carbocycles. The van der Waals surface area contributed by atoms with Crippen molar-refractivity contribution in [3.05, 3.63) is 22.9 Å². The number of carbonyl (C=O) groups is 1. The predicted octanol–water partition coefficient (Wildman–Crippen LogP) is 0.572. The number of amides is 1. The van der Waals surface area contributed by atoms with E-state index in [9.17, 15) is 13.6 Å². The van der Waals surface area contributed by atoms with Crippen LogP contribution < -0.4 is 11.5 Å². The number of nitrogen functional groups attached to an aromatic ring is 1. The fourth-order valence-electron chi connectivity index (χ4n) is 1.08. The van der Waals surface area contributed by atoms with Crippen LogP contribution in [0.15, 0.2) is 6.07 Å². The highest BCUT2D eigenvalue weighted by atomic mass is 19.3. The van der Waals surface area contributed by atoms with Crippen LogP contribution in [0.25, 0.3) is 0 Å². The quantitative estimate of drug-likeness (QED) is 0.747. The number of aromatic nitrogens is 1. The van der Waals surface area contributed by atoms with Gasteiger partial charge in [-0.2, -0.15) is 5.26 Å². The minimum Gasteiger partial charge on any atom is -0.383 e. The molecule has 0 aliphatic rings. The zero-order valence-corrected chi connectivity index (χ0v) is 7.37. The van der Waals surface area contributed by atoms with Gasteiger partial charge >= 0.3 is 0 Å². The van der Waals surface area contributed by atoms with Gasteiger partial charge in [0.1, 0.15) is 17.6 Å². The number of hydrogen-bond acceptors (Lipinski definition) is 4. The first-order valence-corrected chi connectivity index (χ1v) is 3.75. The van der Waals surface area contributed by atoms with Crippen molar-refractivity contribution in [2.45, 2.75) is 6.43 Å². The summed E-state index contributed by atoms with van der Waals surface area (Å²) in [6, 6.07) is 2.35. The third kappa shape index (κ3) is 1.99. The second kappa shape index (κ2) is 3.88. The van der Waals surface area contributed by atoms with Gasteiger partial charge in [-0.05, 0) is 6.07 Å². The van der Waals surface area contributed by atoms with Crippen LogP contribution in [0.3, 0.4) is 0 Å². The molecular formula is C8H6F2N4O. The molecule has 1 heterocycles. The second-order valence-electron chi connectivity index (χ2n) is 2.63. The predicted molar refractivity (Wildman–Crippen MR) is 46.8 cm³/mol. The first-order valence-electron chi connectivity index (χ1n) is 3.75. The minimum atomic E-state index is -2.94. The molecule has 0 spiro atoms. The molecule has 15 heavy (non-hydrogen) atoms. The van der Waals surface area contributed by atoms with Gasteiger partial charge in [0.25, 0.3) is 12.3 Å². The standard InChI is InChI=1S/C8H6F2N4O/c9-6(10)4-1-3(2-11)14-7(12)5(4)8(13)15/h1,6H,(H2,12,14)(H2,13,15). The zero-order chi connectivity index (χ0) is 11.6. The van der Waals surface area contributed by atoms with E-state index >= 15 is 0 Å². The third-order valence-electron chi connectivity index (χ3n) is 1.67. The van der Waals surface area contributed by atoms with E-state index in [1.807, 2.05) is 0 Å². The van der Waals surface area contributed by atoms with Gasteiger partial charge in [0, 0.05) is 5.56 Å². The number of anilines is 1. The maximum Gasteiger partial charge on any atom is 0.264 e. The van der Waals surface area contributed by atoms with Crippen LogP contribution in [-0.2, 0) is 0 Å². The van der Waals surface area contributed by atoms with Crippen LogP contribution in [0, 0.1) is 11.3 Å². The molecule has 1 rings (SSSR count). The van der Waals surface area contributed by atoms with Crippen molar-refractivity contribution >= 4 is 11.7 Å². The molecule has 1 aromatic rings. The molecule has 0 aliphatic heterocycles. The van der Waals surface area contributed by atoms with Gasteiger partial charge in [0.15, 0.2) is 0 Å². The smallest absolute Gasteiger partial charge is 0.264 e. The maximum atomic E-state index is 12.5. The number of halogens is 2. The number of alkyl halides is 2. The molecule has 1 amide bonds. The van der Waals surface area contributed by atoms with E-state index in [-0.39, 0.29) is 5.69 Å². The minimum absolute atomic E-state index is 0.284. The van der Waals surface area contributed by atoms with E-state index in [0.717, 1.165) is 6.07 Å². The Labute approximate surface area is 83.3 Å². The van der Waals surface area contributed by atoms with Crippen molar-refractivity contribution in [2.24, 2.45) is 5.73 Å². The molecule has 1 aromatic heterocycles. The van der Waals surface area contributed by atoms with E-state index in [2.05, 4.69) is 4.98 Å². The largest absolute Gasteiger partial charge is 0.383 e. The summed E-state index contributed by atoms with van der Waals surface area (Å²) in [5, 5.41) is 8.47. The van der Waals surface area contributed by atoms with Crippen molar-refractivity contribution in [1.82, 2.24) is 4.98 Å². The molecular weight excluding hydrogens is 206 g/mol. The molecule has 0 fully saturated rings. The number of primary amides is 1. The van der Waals surface area contributed by atoms with Crippen LogP contribution in [0.4, 0.5) is 14.6 Å². The summed E-state index contributed by atoms with van der Waals surface area (Å²) in [7, 11) is 0. The van der Waals surface area contributed by atoms with Crippen molar-refractivity contribution < 1.29 is 13.6 Å². The van der Waals surface area contributed by atoms with Crippen LogP contribution >= 0.6 is 0 Å². The molecule has 7 heteroatoms. The van der Waals surface area contributed by atoms with Crippen molar-refractivity contribution in [1.29, 1.82) is 5.26 Å². The maximum absolute atomic E-state index is 12.5. The van der Waals surface area contributed by atoms with Gasteiger partial charge < -0.3 is 11.5 Å². The first kappa shape index (κ1) is 10.8. The summed E-state index contributed by atoms with van der Waals surface area (Å²) in [6.07, 6.45) is -2.94. The highest BCUT2D eigenvalue weighted by Crippen LogP contribution is 2.26. The van der Waals surface area contributed by atoms with Crippen LogP contribution in [0.1, 0.15) is 28.0 Å². The van der Waals surface area contributed by atoms with Crippen LogP contribution in [0.5, 0.6) is 0 Å². The van der Waals surface area contributed by atoms with Crippen molar-refractivity contribution in [2.75, 3.05) is 5.73 Å². The SMILES string of the molecule is N#Cc1cc(C(F)F)c(C(N)=O)c(N)n1. The van der Waals surface area contributed by atoms with E-state index in [1.165, 1.54) is 0 Å². The summed E-state index contributed by atoms with van der Waals surface area (Å²) in [5.41, 5.74) is 8.61. The lowest BCUT2D eigenvalue weighted by molar-refractivity contribution is 0.0987. The Kier molecular flexibility index (Phi) is 2.80. The number of rotatable bonds is 2. The lowest BCUT2D eigenvalue weighted by Gasteiger charge is -2.07. The Bertz CT molecular complexity index is 453. The van der Waals surface area contributed by atoms with Gasteiger partial charge in [-0.25, -0.2) is 13.8 Å². The molecule has 0 saturated heterocycles. The summed E-state index contributed by atoms with van der Waals surface area (Å²) >= 11 is 0. The van der Waals surface area contributed by atoms with E-state index in [4.69, 9.17) is 16.7 Å². The normalized spacial score (nSPS) is 10.0. The summed E-state index contributed by atoms with van der Waals surface area (Å²) < 4.78 is 25.0. The molecule has 5 nitrogen and oxygen atoms in total. The van der Waals surface area contributed by atoms with Gasteiger partial charge in [0.05, 0.1) is 5.56 Å². The summed E-state index contributed by atoms with van der Waals surface area (Å²) in [5.74, 6) is -1.56. The number of nitrogens with two attached hydrogens (primary N) is 2. The Hall–Kier alpha value is -2.23. The highest BCUT2D eigenvalue weighted by Gasteiger charge is 2.21. The summed E-state index contributed by atoms with van der Waals surface area (Å²) in [6.45, 7) is 0. The molecule has 78 valence electrons. The Morgan fingerprint density at radius 3 is 2.60 bits per heavy atom. The number of hydrogen-bond donors (Lipinski definition) is 2. The molecule has 0 bridgehead atoms. The van der Waals surface area contributed by atoms with Crippen LogP contribution in [-0.4, -0.2) is 10.9 Å². The van der Waals surface area contributed by atoms with Crippen LogP contribution in [0.2, 0.25) is 0 Å². The van der Waals surface area contributed by atoms with E-state index in [0.29, 0.717) is 0 Å². The molecule has 0 radical (unpaired) electrons. The highest BCUT2D eigenvalue weighted by molar-refractivity contribution is 5.98. The molecule has 0 saturated carbocycles. The molecule has 0 unspecified atom stereocenters. The lowest BCUT2D eigenvalue weighted by Crippen LogP contribution is -2.18. The fraction of sp³-hybridized carbons (Fsp3) is 0.125. The van der Waals surface area contributed by atoms with E-state index < -0.39 is 29.3 Å². The Morgan fingerprint density at radius 2 is 2.20 bits per heavy atom. The monoisotopic (exact) mass is 212 g/mol. The molecule has 0 atom stereocenters. The van der Waals surface area contributed by atoms with E-state index in [1.54, 1.807) is 6.07 Å². The van der Waals surface area contributed by atoms with Gasteiger partial charge in [-0.1, -0.05) is 0 Å². The fourth-order valence-corrected chi connectivity index (χ4v) is 1.08. The topological polar surface area (TPSA) is 106 Å². The van der Waals surface area contributed by atoms with Crippen molar-refractivity contribution in [3.8, 4) is 6.07 Å². The van der Waals surface area contributed by atoms with Gasteiger partial charge in [-0.3, -0.25) is 4.79 Å². The average molecular weight is 212 g/mol. The number of carbonyl (C=O) groups excluding carboxylic acids is 1. The number of nitriles is 1. The number of nitrogens with zero attached hydrogens (tertiary/aromatic N) is 2. The first-order chi connectivity index (χ1) is 6.97. The Balaban J connectivity index is 3.51. The zero-order valence-electron chi connectivity index (χ0n) is 7.37. The number of pyridine rings is 1. The van der Waals surface area contributed by atoms with Gasteiger partial charge in [-0.15, -0.1) is 0 Å². The third-order valence-corrected chi connectivity index (χ3v) is 1.67. The second-order valence-corrected chi connectivity index (χ2v) is 2.63. The lowest BCUT2D eigenvalue weighted by atomic mass is 10.1. The molecule has 0 aromatic carbocycles. The summed E-state index contributed by atoms with van der Waals surface area (Å²) in [4.78, 5) is 14.3.